The molecule has 6 nitrogen and oxygen atoms in total. The molecule has 1 aromatic carbocycles. The van der Waals surface area contributed by atoms with Crippen molar-refractivity contribution in [2.75, 3.05) is 0 Å². The zero-order valence-electron chi connectivity index (χ0n) is 19.2. The van der Waals surface area contributed by atoms with Gasteiger partial charge in [0.25, 0.3) is 0 Å². The number of hydrogen-bond donors (Lipinski definition) is 3. The van der Waals surface area contributed by atoms with Crippen molar-refractivity contribution in [1.82, 2.24) is 10.6 Å². The van der Waals surface area contributed by atoms with E-state index in [0.29, 0.717) is 18.5 Å². The smallest absolute Gasteiger partial charge is 0.331 e. The topological polar surface area (TPSA) is 87.7 Å². The first-order valence-electron chi connectivity index (χ1n) is 11.3. The molecule has 0 saturated heterocycles. The Labute approximate surface area is 203 Å². The number of ether oxygens (including phenoxy) is 1. The van der Waals surface area contributed by atoms with Gasteiger partial charge < -0.3 is 20.5 Å². The summed E-state index contributed by atoms with van der Waals surface area (Å²) >= 11 is 3.45. The molecular formula is C25H32N2O4S2. The summed E-state index contributed by atoms with van der Waals surface area (Å²) in [6.45, 7) is 6.13. The average molecular weight is 489 g/mol. The highest BCUT2D eigenvalue weighted by atomic mass is 32.2. The van der Waals surface area contributed by atoms with Crippen LogP contribution in [0.3, 0.4) is 0 Å². The molecule has 33 heavy (non-hydrogen) atoms. The number of amides is 1. The standard InChI is InChI=1S/C25H32N2O4S2/c1-4-19(5-2)31-22-14-18(25(29)30)13-21(24(22)27-16(3)28)26-15-17-8-10-20(11-9-17)33-23-7-6-12-32-23/h6-12,14,19,21-22,24,26H,4-5,13,15H2,1-3H3,(H,27,28)(H,29,30)/t21-,22+,24+/m0/s1. The molecular weight excluding hydrogens is 456 g/mol. The van der Waals surface area contributed by atoms with Gasteiger partial charge in [-0.3, -0.25) is 4.79 Å². The molecule has 3 atom stereocenters. The third kappa shape index (κ3) is 7.43. The van der Waals surface area contributed by atoms with Crippen molar-refractivity contribution >= 4 is 35.0 Å². The zero-order chi connectivity index (χ0) is 23.8. The summed E-state index contributed by atoms with van der Waals surface area (Å²) in [7, 11) is 0. The second-order valence-electron chi connectivity index (χ2n) is 8.13. The van der Waals surface area contributed by atoms with E-state index in [0.717, 1.165) is 18.4 Å². The highest BCUT2D eigenvalue weighted by molar-refractivity contribution is 8.01. The molecule has 0 bridgehead atoms. The molecule has 178 valence electrons. The monoisotopic (exact) mass is 488 g/mol. The van der Waals surface area contributed by atoms with Gasteiger partial charge in [0, 0.05) is 30.0 Å². The van der Waals surface area contributed by atoms with Gasteiger partial charge in [0.1, 0.15) is 0 Å². The summed E-state index contributed by atoms with van der Waals surface area (Å²) in [5.74, 6) is -1.11. The SMILES string of the molecule is CCC(CC)O[C@@H]1C=C(C(=O)O)C[C@H](NCc2ccc(Sc3cccs3)cc2)[C@H]1NC(C)=O. The van der Waals surface area contributed by atoms with Gasteiger partial charge >= 0.3 is 5.97 Å². The summed E-state index contributed by atoms with van der Waals surface area (Å²) in [6, 6.07) is 11.9. The molecule has 1 heterocycles. The van der Waals surface area contributed by atoms with Gasteiger partial charge in [0.2, 0.25) is 5.91 Å². The number of hydrogen-bond acceptors (Lipinski definition) is 6. The van der Waals surface area contributed by atoms with Crippen LogP contribution >= 0.6 is 23.1 Å². The number of aliphatic carboxylic acids is 1. The van der Waals surface area contributed by atoms with Crippen molar-refractivity contribution in [3.63, 3.8) is 0 Å². The van der Waals surface area contributed by atoms with Crippen LogP contribution in [0.4, 0.5) is 0 Å². The summed E-state index contributed by atoms with van der Waals surface area (Å²) < 4.78 is 7.48. The fourth-order valence-corrected chi connectivity index (χ4v) is 5.67. The van der Waals surface area contributed by atoms with Crippen LogP contribution in [0, 0.1) is 0 Å². The van der Waals surface area contributed by atoms with E-state index in [2.05, 4.69) is 46.3 Å². The molecule has 3 N–H and O–H groups in total. The van der Waals surface area contributed by atoms with Crippen molar-refractivity contribution < 1.29 is 19.4 Å². The Morgan fingerprint density at radius 3 is 2.52 bits per heavy atom. The first kappa shape index (κ1) is 25.5. The fourth-order valence-electron chi connectivity index (χ4n) is 3.93. The van der Waals surface area contributed by atoms with E-state index in [9.17, 15) is 14.7 Å². The second kappa shape index (κ2) is 12.4. The first-order valence-corrected chi connectivity index (χ1v) is 13.0. The van der Waals surface area contributed by atoms with Crippen LogP contribution in [0.5, 0.6) is 0 Å². The van der Waals surface area contributed by atoms with Gasteiger partial charge in [0.15, 0.2) is 0 Å². The van der Waals surface area contributed by atoms with Crippen LogP contribution in [0.2, 0.25) is 0 Å². The van der Waals surface area contributed by atoms with E-state index in [4.69, 9.17) is 4.74 Å². The van der Waals surface area contributed by atoms with E-state index in [1.54, 1.807) is 29.2 Å². The molecule has 0 fully saturated rings. The highest BCUT2D eigenvalue weighted by Crippen LogP contribution is 2.31. The molecule has 3 rings (SSSR count). The molecule has 1 aliphatic carbocycles. The summed E-state index contributed by atoms with van der Waals surface area (Å²) in [4.78, 5) is 24.9. The van der Waals surface area contributed by atoms with Crippen molar-refractivity contribution in [2.45, 2.75) is 80.0 Å². The van der Waals surface area contributed by atoms with E-state index in [-0.39, 0.29) is 24.1 Å². The molecule has 0 spiro atoms. The number of carbonyl (C=O) groups is 2. The lowest BCUT2D eigenvalue weighted by atomic mass is 9.87. The van der Waals surface area contributed by atoms with Crippen molar-refractivity contribution in [1.29, 1.82) is 0 Å². The molecule has 1 aromatic heterocycles. The second-order valence-corrected chi connectivity index (χ2v) is 10.5. The largest absolute Gasteiger partial charge is 0.478 e. The van der Waals surface area contributed by atoms with Gasteiger partial charge in [-0.15, -0.1) is 11.3 Å². The third-order valence-corrected chi connectivity index (χ3v) is 7.75. The van der Waals surface area contributed by atoms with Crippen LogP contribution in [-0.2, 0) is 20.9 Å². The fraction of sp³-hybridized carbons (Fsp3) is 0.440. The van der Waals surface area contributed by atoms with E-state index in [1.807, 2.05) is 19.9 Å². The van der Waals surface area contributed by atoms with Gasteiger partial charge in [-0.2, -0.15) is 0 Å². The Morgan fingerprint density at radius 2 is 1.94 bits per heavy atom. The van der Waals surface area contributed by atoms with Gasteiger partial charge in [0.05, 0.1) is 22.5 Å². The maximum Gasteiger partial charge on any atom is 0.331 e. The van der Waals surface area contributed by atoms with Crippen molar-refractivity contribution in [2.24, 2.45) is 0 Å². The van der Waals surface area contributed by atoms with Crippen LogP contribution in [0.1, 0.15) is 45.6 Å². The molecule has 0 aliphatic heterocycles. The molecule has 2 aromatic rings. The van der Waals surface area contributed by atoms with Crippen molar-refractivity contribution in [3.05, 3.63) is 59.0 Å². The van der Waals surface area contributed by atoms with Crippen LogP contribution in [0.15, 0.2) is 62.5 Å². The Morgan fingerprint density at radius 1 is 1.21 bits per heavy atom. The minimum absolute atomic E-state index is 0.00435. The number of carboxylic acid groups (broad SMARTS) is 1. The molecule has 8 heteroatoms. The molecule has 1 aliphatic rings. The minimum atomic E-state index is -0.948. The molecule has 0 saturated carbocycles. The third-order valence-electron chi connectivity index (χ3n) is 5.70. The Hall–Kier alpha value is -2.13. The van der Waals surface area contributed by atoms with E-state index in [1.165, 1.54) is 16.0 Å². The van der Waals surface area contributed by atoms with Crippen LogP contribution < -0.4 is 10.6 Å². The Kier molecular flexibility index (Phi) is 9.55. The van der Waals surface area contributed by atoms with Crippen molar-refractivity contribution in [3.8, 4) is 0 Å². The Balaban J connectivity index is 1.72. The first-order chi connectivity index (χ1) is 15.9. The maximum atomic E-state index is 12.0. The molecule has 0 unspecified atom stereocenters. The number of benzene rings is 1. The number of nitrogens with one attached hydrogen (secondary N) is 2. The summed E-state index contributed by atoms with van der Waals surface area (Å²) in [5.41, 5.74) is 1.41. The van der Waals surface area contributed by atoms with E-state index >= 15 is 0 Å². The lowest BCUT2D eigenvalue weighted by Gasteiger charge is -2.38. The number of thiophene rings is 1. The maximum absolute atomic E-state index is 12.0. The van der Waals surface area contributed by atoms with Crippen LogP contribution in [0.25, 0.3) is 0 Å². The molecule has 0 radical (unpaired) electrons. The van der Waals surface area contributed by atoms with E-state index < -0.39 is 12.1 Å². The Bertz CT molecular complexity index is 940. The highest BCUT2D eigenvalue weighted by Gasteiger charge is 2.37. The molecule has 1 amide bonds. The van der Waals surface area contributed by atoms with Gasteiger partial charge in [-0.25, -0.2) is 4.79 Å². The minimum Gasteiger partial charge on any atom is -0.478 e. The van der Waals surface area contributed by atoms with Crippen LogP contribution in [-0.4, -0.2) is 41.3 Å². The number of carboxylic acids is 1. The normalized spacial score (nSPS) is 20.5. The number of carbonyl (C=O) groups excluding carboxylic acids is 1. The predicted molar refractivity (Wildman–Crippen MR) is 133 cm³/mol. The van der Waals surface area contributed by atoms with Gasteiger partial charge in [-0.05, 0) is 54.5 Å². The number of rotatable bonds is 11. The quantitative estimate of drug-likeness (QED) is 0.419. The summed E-state index contributed by atoms with van der Waals surface area (Å²) in [6.07, 6.45) is 3.13. The summed E-state index contributed by atoms with van der Waals surface area (Å²) in [5, 5.41) is 18.2. The predicted octanol–water partition coefficient (Wildman–Crippen LogP) is 4.85. The zero-order valence-corrected chi connectivity index (χ0v) is 20.9. The lowest BCUT2D eigenvalue weighted by molar-refractivity contribution is -0.133. The lowest BCUT2D eigenvalue weighted by Crippen LogP contribution is -2.58. The van der Waals surface area contributed by atoms with Gasteiger partial charge in [-0.1, -0.05) is 43.8 Å². The average Bonchev–Trinajstić information content (AvgIpc) is 3.30.